The van der Waals surface area contributed by atoms with E-state index in [1.54, 1.807) is 6.07 Å². The molecule has 1 fully saturated rings. The zero-order valence-corrected chi connectivity index (χ0v) is 11.7. The minimum Gasteiger partial charge on any atom is -0.327 e. The summed E-state index contributed by atoms with van der Waals surface area (Å²) in [6.07, 6.45) is 0.999. The van der Waals surface area contributed by atoms with E-state index in [-0.39, 0.29) is 11.6 Å². The minimum atomic E-state index is -0.0626. The average molecular weight is 272 g/mol. The Morgan fingerprint density at radius 1 is 1.45 bits per heavy atom. The molecule has 1 aromatic carbocycles. The lowest BCUT2D eigenvalue weighted by molar-refractivity contribution is 0.154. The summed E-state index contributed by atoms with van der Waals surface area (Å²) in [5.74, 6) is 1.22. The van der Waals surface area contributed by atoms with Crippen LogP contribution in [0.25, 0.3) is 10.9 Å². The van der Waals surface area contributed by atoms with Crippen LogP contribution in [0.15, 0.2) is 29.1 Å². The van der Waals surface area contributed by atoms with Crippen LogP contribution in [0.2, 0.25) is 0 Å². The zero-order chi connectivity index (χ0) is 14.1. The highest BCUT2D eigenvalue weighted by atomic mass is 16.1. The topological polar surface area (TPSA) is 75.0 Å². The summed E-state index contributed by atoms with van der Waals surface area (Å²) in [7, 11) is 0. The number of piperidine rings is 1. The summed E-state index contributed by atoms with van der Waals surface area (Å²) < 4.78 is 0. The van der Waals surface area contributed by atoms with Crippen LogP contribution < -0.4 is 11.3 Å². The predicted molar refractivity (Wildman–Crippen MR) is 79.4 cm³/mol. The summed E-state index contributed by atoms with van der Waals surface area (Å²) >= 11 is 0. The van der Waals surface area contributed by atoms with E-state index in [2.05, 4.69) is 21.8 Å². The van der Waals surface area contributed by atoms with E-state index in [4.69, 9.17) is 5.73 Å². The Hall–Kier alpha value is -1.72. The standard InChI is InChI=1S/C15H20N4O/c1-10-8-19(7-6-12(10)16)9-14-17-13-5-3-2-4-11(13)15(20)18-14/h2-5,10,12H,6-9,16H2,1H3,(H,17,18,20). The van der Waals surface area contributed by atoms with Gasteiger partial charge in [-0.05, 0) is 24.5 Å². The molecule has 5 nitrogen and oxygen atoms in total. The van der Waals surface area contributed by atoms with Gasteiger partial charge in [-0.3, -0.25) is 9.69 Å². The first kappa shape index (κ1) is 13.3. The van der Waals surface area contributed by atoms with E-state index >= 15 is 0 Å². The van der Waals surface area contributed by atoms with E-state index in [0.29, 0.717) is 17.8 Å². The van der Waals surface area contributed by atoms with E-state index in [9.17, 15) is 4.79 Å². The number of H-pyrrole nitrogens is 1. The van der Waals surface area contributed by atoms with E-state index < -0.39 is 0 Å². The number of fused-ring (bicyclic) bond motifs is 1. The number of nitrogens with two attached hydrogens (primary N) is 1. The van der Waals surface area contributed by atoms with Gasteiger partial charge >= 0.3 is 0 Å². The third-order valence-corrected chi connectivity index (χ3v) is 4.09. The monoisotopic (exact) mass is 272 g/mol. The van der Waals surface area contributed by atoms with E-state index in [1.165, 1.54) is 0 Å². The molecular weight excluding hydrogens is 252 g/mol. The van der Waals surface area contributed by atoms with Crippen molar-refractivity contribution in [1.82, 2.24) is 14.9 Å². The number of para-hydroxylation sites is 1. The Balaban J connectivity index is 1.83. The number of nitrogens with zero attached hydrogens (tertiary/aromatic N) is 2. The normalized spacial score (nSPS) is 24.1. The zero-order valence-electron chi connectivity index (χ0n) is 11.7. The molecule has 2 atom stereocenters. The predicted octanol–water partition coefficient (Wildman–Crippen LogP) is 1.09. The highest BCUT2D eigenvalue weighted by Crippen LogP contribution is 2.16. The number of benzene rings is 1. The maximum absolute atomic E-state index is 12.0. The largest absolute Gasteiger partial charge is 0.327 e. The summed E-state index contributed by atoms with van der Waals surface area (Å²) in [5.41, 5.74) is 6.73. The molecule has 0 radical (unpaired) electrons. The van der Waals surface area contributed by atoms with Gasteiger partial charge in [0.05, 0.1) is 17.4 Å². The van der Waals surface area contributed by atoms with Crippen molar-refractivity contribution in [3.8, 4) is 0 Å². The molecule has 0 spiro atoms. The Bertz CT molecular complexity index is 666. The van der Waals surface area contributed by atoms with Crippen molar-refractivity contribution in [2.75, 3.05) is 13.1 Å². The van der Waals surface area contributed by atoms with Gasteiger partial charge in [0.15, 0.2) is 0 Å². The Morgan fingerprint density at radius 3 is 3.05 bits per heavy atom. The highest BCUT2D eigenvalue weighted by molar-refractivity contribution is 5.77. The Kier molecular flexibility index (Phi) is 3.54. The van der Waals surface area contributed by atoms with Gasteiger partial charge in [-0.2, -0.15) is 0 Å². The van der Waals surface area contributed by atoms with Gasteiger partial charge in [-0.25, -0.2) is 4.98 Å². The summed E-state index contributed by atoms with van der Waals surface area (Å²) in [5, 5.41) is 0.644. The third-order valence-electron chi connectivity index (χ3n) is 4.09. The number of rotatable bonds is 2. The van der Waals surface area contributed by atoms with Crippen molar-refractivity contribution < 1.29 is 0 Å². The first-order chi connectivity index (χ1) is 9.63. The number of aromatic amines is 1. The fourth-order valence-electron chi connectivity index (χ4n) is 2.82. The van der Waals surface area contributed by atoms with E-state index in [0.717, 1.165) is 30.9 Å². The van der Waals surface area contributed by atoms with Crippen LogP contribution in [0.4, 0.5) is 0 Å². The lowest BCUT2D eigenvalue weighted by Gasteiger charge is -2.34. The molecule has 2 aromatic rings. The quantitative estimate of drug-likeness (QED) is 0.858. The molecule has 3 N–H and O–H groups in total. The molecule has 5 heteroatoms. The fraction of sp³-hybridized carbons (Fsp3) is 0.467. The van der Waals surface area contributed by atoms with Crippen molar-refractivity contribution in [2.24, 2.45) is 11.7 Å². The molecule has 0 aliphatic carbocycles. The van der Waals surface area contributed by atoms with E-state index in [1.807, 2.05) is 18.2 Å². The summed E-state index contributed by atoms with van der Waals surface area (Å²) in [6.45, 7) is 4.77. The van der Waals surface area contributed by atoms with Gasteiger partial charge in [0, 0.05) is 19.1 Å². The van der Waals surface area contributed by atoms with Gasteiger partial charge in [0.25, 0.3) is 5.56 Å². The number of aromatic nitrogens is 2. The van der Waals surface area contributed by atoms with Crippen molar-refractivity contribution in [2.45, 2.75) is 25.9 Å². The third kappa shape index (κ3) is 2.59. The van der Waals surface area contributed by atoms with Gasteiger partial charge in [-0.1, -0.05) is 19.1 Å². The molecule has 1 aromatic heterocycles. The van der Waals surface area contributed by atoms with Crippen LogP contribution in [0.3, 0.4) is 0 Å². The van der Waals surface area contributed by atoms with Crippen LogP contribution >= 0.6 is 0 Å². The molecule has 0 bridgehead atoms. The summed E-state index contributed by atoms with van der Waals surface area (Å²) in [6, 6.07) is 7.72. The number of hydrogen-bond donors (Lipinski definition) is 2. The molecule has 106 valence electrons. The van der Waals surface area contributed by atoms with Gasteiger partial charge in [-0.15, -0.1) is 0 Å². The first-order valence-electron chi connectivity index (χ1n) is 7.09. The Labute approximate surface area is 117 Å². The van der Waals surface area contributed by atoms with Crippen molar-refractivity contribution >= 4 is 10.9 Å². The minimum absolute atomic E-state index is 0.0626. The van der Waals surface area contributed by atoms with Crippen LogP contribution in [-0.2, 0) is 6.54 Å². The second-order valence-corrected chi connectivity index (χ2v) is 5.69. The lowest BCUT2D eigenvalue weighted by atomic mass is 9.95. The van der Waals surface area contributed by atoms with Crippen LogP contribution in [-0.4, -0.2) is 34.0 Å². The van der Waals surface area contributed by atoms with Crippen LogP contribution in [0, 0.1) is 5.92 Å². The Morgan fingerprint density at radius 2 is 2.25 bits per heavy atom. The highest BCUT2D eigenvalue weighted by Gasteiger charge is 2.23. The van der Waals surface area contributed by atoms with Gasteiger partial charge in [0.1, 0.15) is 5.82 Å². The molecule has 2 unspecified atom stereocenters. The number of likely N-dealkylation sites (tertiary alicyclic amines) is 1. The maximum atomic E-state index is 12.0. The smallest absolute Gasteiger partial charge is 0.258 e. The number of nitrogens with one attached hydrogen (secondary N) is 1. The fourth-order valence-corrected chi connectivity index (χ4v) is 2.82. The summed E-state index contributed by atoms with van der Waals surface area (Å²) in [4.78, 5) is 21.8. The molecule has 2 heterocycles. The molecule has 0 amide bonds. The van der Waals surface area contributed by atoms with Gasteiger partial charge in [0.2, 0.25) is 0 Å². The second-order valence-electron chi connectivity index (χ2n) is 5.69. The second kappa shape index (κ2) is 5.34. The SMILES string of the molecule is CC1CN(Cc2nc3ccccc3c(=O)[nH]2)CCC1N. The van der Waals surface area contributed by atoms with Gasteiger partial charge < -0.3 is 10.7 Å². The molecule has 1 aliphatic heterocycles. The molecule has 3 rings (SSSR count). The van der Waals surface area contributed by atoms with Crippen molar-refractivity contribution in [3.63, 3.8) is 0 Å². The van der Waals surface area contributed by atoms with Crippen molar-refractivity contribution in [1.29, 1.82) is 0 Å². The molecule has 0 saturated carbocycles. The molecule has 20 heavy (non-hydrogen) atoms. The maximum Gasteiger partial charge on any atom is 0.258 e. The molecule has 1 aliphatic rings. The van der Waals surface area contributed by atoms with Crippen molar-refractivity contribution in [3.05, 3.63) is 40.4 Å². The number of hydrogen-bond acceptors (Lipinski definition) is 4. The van der Waals surface area contributed by atoms with Crippen LogP contribution in [0.5, 0.6) is 0 Å². The molecular formula is C15H20N4O. The lowest BCUT2D eigenvalue weighted by Crippen LogP contribution is -2.45. The average Bonchev–Trinajstić information content (AvgIpc) is 2.43. The molecule has 1 saturated heterocycles. The first-order valence-corrected chi connectivity index (χ1v) is 7.09. The van der Waals surface area contributed by atoms with Crippen LogP contribution in [0.1, 0.15) is 19.2 Å².